The van der Waals surface area contributed by atoms with Crippen LogP contribution in [0.2, 0.25) is 0 Å². The summed E-state index contributed by atoms with van der Waals surface area (Å²) < 4.78 is 8.55. The van der Waals surface area contributed by atoms with E-state index in [1.165, 1.54) is 47.7 Å². The first-order valence-corrected chi connectivity index (χ1v) is 39.2. The molecule has 0 heterocycles. The van der Waals surface area contributed by atoms with Gasteiger partial charge in [0.1, 0.15) is 69.5 Å². The molecule has 0 radical (unpaired) electrons. The lowest BCUT2D eigenvalue weighted by atomic mass is 10.2. The van der Waals surface area contributed by atoms with Crippen molar-refractivity contribution in [2.24, 2.45) is 0 Å². The van der Waals surface area contributed by atoms with Crippen LogP contribution in [0.25, 0.3) is 0 Å². The number of hydrogen-bond donors (Lipinski definition) is 0. The van der Waals surface area contributed by atoms with E-state index in [9.17, 15) is 0 Å². The van der Waals surface area contributed by atoms with Crippen LogP contribution >= 0.6 is 29.6 Å². The Morgan fingerprint density at radius 3 is 0.438 bits per heavy atom. The molecular weight excluding hydrogens is 1170 g/mol. The molecule has 9 rings (SSSR count). The fourth-order valence-electron chi connectivity index (χ4n) is 12.8. The zero-order valence-electron chi connectivity index (χ0n) is 55.0. The molecule has 0 aromatic heterocycles. The Morgan fingerprint density at radius 1 is 0.247 bits per heavy atom. The van der Waals surface area contributed by atoms with Crippen LogP contribution in [-0.4, -0.2) is 89.1 Å². The Bertz CT molecular complexity index is 2710. The molecule has 0 N–H and O–H groups in total. The highest BCUT2D eigenvalue weighted by Crippen LogP contribution is 2.57. The van der Waals surface area contributed by atoms with E-state index < -0.39 is 29.6 Å². The Balaban J connectivity index is 0.000000205. The molecule has 89 heavy (non-hydrogen) atoms. The second-order valence-corrected chi connectivity index (χ2v) is 36.1. The summed E-state index contributed by atoms with van der Waals surface area (Å²) in [6.45, 7) is 31.1. The average molecular weight is 1270 g/mol. The predicted molar refractivity (Wildman–Crippen MR) is 389 cm³/mol. The lowest BCUT2D eigenvalue weighted by Crippen LogP contribution is -2.43. The van der Waals surface area contributed by atoms with Gasteiger partial charge in [-0.2, -0.15) is 7.82 Å². The van der Waals surface area contributed by atoms with Crippen LogP contribution in [0.5, 0.6) is 0 Å². The highest BCUT2D eigenvalue weighted by Gasteiger charge is 2.48. The Kier molecular flexibility index (Phi) is 29.1. The minimum absolute atomic E-state index is 0.546. The molecule has 11 heteroatoms. The van der Waals surface area contributed by atoms with Gasteiger partial charge in [0, 0.05) is 55.9 Å². The first-order chi connectivity index (χ1) is 42.7. The van der Waals surface area contributed by atoms with E-state index in [0.29, 0.717) is 36.3 Å². The van der Waals surface area contributed by atoms with Crippen molar-refractivity contribution < 1.29 is 19.2 Å². The molecule has 0 unspecified atom stereocenters. The van der Waals surface area contributed by atoms with Crippen LogP contribution in [0.15, 0.2) is 273 Å². The van der Waals surface area contributed by atoms with E-state index in [0.717, 1.165) is 38.1 Å². The molecule has 0 saturated heterocycles. The summed E-state index contributed by atoms with van der Waals surface area (Å²) in [4.78, 5) is 33.5. The van der Waals surface area contributed by atoms with Gasteiger partial charge < -0.3 is 19.2 Å². The summed E-state index contributed by atoms with van der Waals surface area (Å²) in [6, 6.07) is 104. The number of rotatable bonds is 24. The zero-order chi connectivity index (χ0) is 64.5. The second kappa shape index (κ2) is 35.8. The van der Waals surface area contributed by atoms with Gasteiger partial charge in [-0.1, -0.05) is 164 Å². The molecule has 9 aromatic carbocycles. The highest BCUT2D eigenvalue weighted by molar-refractivity contribution is 7.96. The van der Waals surface area contributed by atoms with E-state index >= 15 is 0 Å². The maximum atomic E-state index is 8.55. The van der Waals surface area contributed by atoms with Crippen LogP contribution in [0.3, 0.4) is 0 Å². The van der Waals surface area contributed by atoms with E-state index in [4.69, 9.17) is 19.2 Å². The van der Waals surface area contributed by atoms with E-state index in [2.05, 4.69) is 371 Å². The predicted octanol–water partition coefficient (Wildman–Crippen LogP) is 12.5. The zero-order valence-corrected chi connectivity index (χ0v) is 58.5. The van der Waals surface area contributed by atoms with E-state index in [1.54, 1.807) is 0 Å². The number of hydrogen-bond acceptors (Lipinski definition) is 7. The molecule has 0 bridgehead atoms. The first-order valence-electron chi connectivity index (χ1n) is 31.8. The fourth-order valence-corrected chi connectivity index (χ4v) is 25.5. The molecule has 0 fully saturated rings. The summed E-state index contributed by atoms with van der Waals surface area (Å²) in [7, 11) is -10.6. The number of nitrogens with zero attached hydrogens (tertiary/aromatic N) is 3. The Hall–Kier alpha value is -5.74. The van der Waals surface area contributed by atoms with Gasteiger partial charge in [0.05, 0.1) is 18.5 Å². The number of benzene rings is 9. The quantitative estimate of drug-likeness (QED) is 0.0556. The van der Waals surface area contributed by atoms with E-state index in [-0.39, 0.29) is 0 Å². The minimum Gasteiger partial charge on any atom is -0.822 e. The minimum atomic E-state index is -5.39. The van der Waals surface area contributed by atoms with Crippen molar-refractivity contribution in [2.45, 2.75) is 119 Å². The van der Waals surface area contributed by atoms with Crippen molar-refractivity contribution in [3.8, 4) is 0 Å². The molecule has 0 aliphatic carbocycles. The average Bonchev–Trinajstić information content (AvgIpc) is 1.33. The maximum Gasteiger partial charge on any atom is 0.113 e. The summed E-state index contributed by atoms with van der Waals surface area (Å²) in [5, 5.41) is 13.2. The standard InChI is InChI=1S/3C26H33NP.H3O4P/c3*1-22(2)27(23(3)4)20-21-28(24-14-8-5-9-15-24,25-16-10-6-11-17-25)26-18-12-7-13-19-26;1-5(2,3)4/h3*5-19,22-23H,20-21H2,1-4H3;(H3,1,2,3,4)/q3*+1;/p-3. The fraction of sp³-hybridized carbons (Fsp3) is 0.308. The van der Waals surface area contributed by atoms with Crippen molar-refractivity contribution in [1.29, 1.82) is 0 Å². The van der Waals surface area contributed by atoms with Crippen LogP contribution < -0.4 is 62.4 Å². The maximum absolute atomic E-state index is 8.55. The Morgan fingerprint density at radius 2 is 0.348 bits per heavy atom. The normalized spacial score (nSPS) is 12.1. The van der Waals surface area contributed by atoms with Crippen LogP contribution in [0, 0.1) is 0 Å². The van der Waals surface area contributed by atoms with Crippen LogP contribution in [-0.2, 0) is 4.57 Å². The van der Waals surface area contributed by atoms with Gasteiger partial charge in [-0.05, 0) is 192 Å². The largest absolute Gasteiger partial charge is 0.822 e. The third kappa shape index (κ3) is 20.1. The first kappa shape index (κ1) is 72.3. The third-order valence-electron chi connectivity index (χ3n) is 16.8. The molecular formula is C78H99N3O4P4. The molecule has 7 nitrogen and oxygen atoms in total. The van der Waals surface area contributed by atoms with Crippen molar-refractivity contribution in [2.75, 3.05) is 38.1 Å². The highest BCUT2D eigenvalue weighted by atomic mass is 31.2. The monoisotopic (exact) mass is 1270 g/mol. The lowest BCUT2D eigenvalue weighted by molar-refractivity contribution is -0.432. The molecule has 0 aliphatic rings. The summed E-state index contributed by atoms with van der Waals surface area (Å²) in [5.74, 6) is 0. The molecule has 470 valence electrons. The molecule has 0 aliphatic heterocycles. The van der Waals surface area contributed by atoms with Gasteiger partial charge in [0.25, 0.3) is 0 Å². The number of phosphoric acid groups is 1. The van der Waals surface area contributed by atoms with Crippen molar-refractivity contribution in [3.05, 3.63) is 273 Å². The van der Waals surface area contributed by atoms with Gasteiger partial charge in [-0.25, -0.2) is 0 Å². The SMILES string of the molecule is CC(C)N(CC[P+](c1ccccc1)(c1ccccc1)c1ccccc1)C(C)C.CC(C)N(CC[P+](c1ccccc1)(c1ccccc1)c1ccccc1)C(C)C.CC(C)N(CC[P+](c1ccccc1)(c1ccccc1)c1ccccc1)C(C)C.O=P([O-])([O-])[O-]. The molecule has 0 atom stereocenters. The van der Waals surface area contributed by atoms with Crippen molar-refractivity contribution >= 4 is 77.4 Å². The lowest BCUT2D eigenvalue weighted by Gasteiger charge is -2.36. The van der Waals surface area contributed by atoms with Gasteiger partial charge >= 0.3 is 0 Å². The van der Waals surface area contributed by atoms with Crippen molar-refractivity contribution in [1.82, 2.24) is 14.7 Å². The van der Waals surface area contributed by atoms with Gasteiger partial charge in [0.2, 0.25) is 0 Å². The van der Waals surface area contributed by atoms with Crippen molar-refractivity contribution in [3.63, 3.8) is 0 Å². The summed E-state index contributed by atoms with van der Waals surface area (Å²) in [6.07, 6.45) is 3.46. The summed E-state index contributed by atoms with van der Waals surface area (Å²) in [5.41, 5.74) is 0. The van der Waals surface area contributed by atoms with Crippen LogP contribution in [0.4, 0.5) is 0 Å². The molecule has 0 spiro atoms. The molecule has 9 aromatic rings. The van der Waals surface area contributed by atoms with E-state index in [1.807, 2.05) is 0 Å². The molecule has 0 saturated carbocycles. The second-order valence-electron chi connectivity index (χ2n) is 24.3. The van der Waals surface area contributed by atoms with Gasteiger partial charge in [0.15, 0.2) is 0 Å². The van der Waals surface area contributed by atoms with Gasteiger partial charge in [-0.15, -0.1) is 0 Å². The van der Waals surface area contributed by atoms with Crippen LogP contribution in [0.1, 0.15) is 83.1 Å². The third-order valence-corrected chi connectivity index (χ3v) is 30.1. The topological polar surface area (TPSA) is 96.0 Å². The molecule has 0 amide bonds. The van der Waals surface area contributed by atoms with Gasteiger partial charge in [-0.3, -0.25) is 14.7 Å². The smallest absolute Gasteiger partial charge is 0.113 e. The summed E-state index contributed by atoms with van der Waals surface area (Å²) >= 11 is 0. The Labute approximate surface area is 538 Å².